The molecule has 4 heteroatoms. The van der Waals surface area contributed by atoms with Gasteiger partial charge in [0.05, 0.1) is 6.04 Å². The van der Waals surface area contributed by atoms with Gasteiger partial charge in [0.25, 0.3) is 0 Å². The van der Waals surface area contributed by atoms with Gasteiger partial charge in [-0.2, -0.15) is 0 Å². The molecule has 2 aliphatic rings. The molecule has 0 bridgehead atoms. The molecule has 18 heavy (non-hydrogen) atoms. The fourth-order valence-corrected chi connectivity index (χ4v) is 2.82. The van der Waals surface area contributed by atoms with Crippen molar-refractivity contribution in [1.82, 2.24) is 10.6 Å². The fraction of sp³-hybridized carbons (Fsp3) is 0.500. The van der Waals surface area contributed by atoms with Crippen molar-refractivity contribution in [2.24, 2.45) is 5.92 Å². The van der Waals surface area contributed by atoms with Gasteiger partial charge in [-0.25, -0.2) is 4.79 Å². The van der Waals surface area contributed by atoms with E-state index < -0.39 is 0 Å². The van der Waals surface area contributed by atoms with Crippen molar-refractivity contribution in [1.29, 1.82) is 0 Å². The van der Waals surface area contributed by atoms with E-state index in [1.54, 1.807) is 0 Å². The van der Waals surface area contributed by atoms with Gasteiger partial charge < -0.3 is 15.4 Å². The quantitative estimate of drug-likeness (QED) is 0.797. The van der Waals surface area contributed by atoms with Crippen LogP contribution in [0.25, 0.3) is 0 Å². The van der Waals surface area contributed by atoms with Gasteiger partial charge in [-0.15, -0.1) is 0 Å². The second kappa shape index (κ2) is 4.61. The van der Waals surface area contributed by atoms with Crippen molar-refractivity contribution < 1.29 is 9.53 Å². The molecule has 0 radical (unpaired) electrons. The third-order valence-electron chi connectivity index (χ3n) is 3.79. The molecule has 4 nitrogen and oxygen atoms in total. The molecule has 0 spiro atoms. The first-order valence-corrected chi connectivity index (χ1v) is 6.49. The van der Waals surface area contributed by atoms with Crippen LogP contribution in [-0.2, 0) is 4.74 Å². The molecule has 2 fully saturated rings. The summed E-state index contributed by atoms with van der Waals surface area (Å²) in [5.74, 6) is 0.319. The lowest BCUT2D eigenvalue weighted by Gasteiger charge is -2.41. The fourth-order valence-electron chi connectivity index (χ4n) is 2.82. The summed E-state index contributed by atoms with van der Waals surface area (Å²) in [5, 5.41) is 5.88. The van der Waals surface area contributed by atoms with E-state index in [9.17, 15) is 4.79 Å². The van der Waals surface area contributed by atoms with Crippen LogP contribution in [0.3, 0.4) is 0 Å². The van der Waals surface area contributed by atoms with Gasteiger partial charge in [0.2, 0.25) is 0 Å². The number of hydrogen-bond donors (Lipinski definition) is 2. The van der Waals surface area contributed by atoms with Crippen LogP contribution in [0.2, 0.25) is 0 Å². The molecule has 2 N–H and O–H groups in total. The predicted octanol–water partition coefficient (Wildman–Crippen LogP) is 2.10. The molecule has 2 saturated heterocycles. The SMILES string of the molecule is Cc1ccc([C@H]2NC(=O)N[C@@H]3OCCC[C@@H]32)cc1. The molecule has 3 atom stereocenters. The molecule has 2 heterocycles. The predicted molar refractivity (Wildman–Crippen MR) is 68.1 cm³/mol. The van der Waals surface area contributed by atoms with Crippen LogP contribution in [0, 0.1) is 12.8 Å². The molecule has 1 aromatic rings. The third-order valence-corrected chi connectivity index (χ3v) is 3.79. The minimum Gasteiger partial charge on any atom is -0.358 e. The monoisotopic (exact) mass is 246 g/mol. The van der Waals surface area contributed by atoms with Crippen molar-refractivity contribution in [3.8, 4) is 0 Å². The lowest BCUT2D eigenvalue weighted by Crippen LogP contribution is -2.58. The zero-order valence-electron chi connectivity index (χ0n) is 10.5. The highest BCUT2D eigenvalue weighted by atomic mass is 16.5. The number of amides is 2. The summed E-state index contributed by atoms with van der Waals surface area (Å²) in [5.41, 5.74) is 2.39. The summed E-state index contributed by atoms with van der Waals surface area (Å²) in [6.45, 7) is 2.80. The van der Waals surface area contributed by atoms with E-state index in [0.29, 0.717) is 5.92 Å². The number of benzene rings is 1. The van der Waals surface area contributed by atoms with E-state index in [0.717, 1.165) is 25.0 Å². The maximum absolute atomic E-state index is 11.7. The van der Waals surface area contributed by atoms with Gasteiger partial charge >= 0.3 is 6.03 Å². The zero-order chi connectivity index (χ0) is 12.5. The van der Waals surface area contributed by atoms with E-state index in [-0.39, 0.29) is 18.3 Å². The Bertz CT molecular complexity index is 444. The summed E-state index contributed by atoms with van der Waals surface area (Å²) in [6, 6.07) is 8.28. The van der Waals surface area contributed by atoms with E-state index in [2.05, 4.69) is 41.8 Å². The summed E-state index contributed by atoms with van der Waals surface area (Å²) in [7, 11) is 0. The van der Waals surface area contributed by atoms with E-state index in [4.69, 9.17) is 4.74 Å². The first-order valence-electron chi connectivity index (χ1n) is 6.49. The highest BCUT2D eigenvalue weighted by Crippen LogP contribution is 2.34. The smallest absolute Gasteiger partial charge is 0.317 e. The van der Waals surface area contributed by atoms with Crippen LogP contribution in [-0.4, -0.2) is 18.9 Å². The second-order valence-electron chi connectivity index (χ2n) is 5.10. The Morgan fingerprint density at radius 3 is 2.78 bits per heavy atom. The minimum absolute atomic E-state index is 0.0599. The molecule has 0 aliphatic carbocycles. The van der Waals surface area contributed by atoms with E-state index >= 15 is 0 Å². The molecule has 96 valence electrons. The number of urea groups is 1. The van der Waals surface area contributed by atoms with Crippen molar-refractivity contribution in [3.63, 3.8) is 0 Å². The van der Waals surface area contributed by atoms with Crippen molar-refractivity contribution in [2.75, 3.05) is 6.61 Å². The Labute approximate surface area is 107 Å². The number of fused-ring (bicyclic) bond motifs is 1. The lowest BCUT2D eigenvalue weighted by molar-refractivity contribution is -0.0602. The Morgan fingerprint density at radius 1 is 1.22 bits per heavy atom. The Morgan fingerprint density at radius 2 is 2.00 bits per heavy atom. The van der Waals surface area contributed by atoms with Crippen LogP contribution in [0.15, 0.2) is 24.3 Å². The number of hydrogen-bond acceptors (Lipinski definition) is 2. The van der Waals surface area contributed by atoms with E-state index in [1.165, 1.54) is 5.56 Å². The number of aryl methyl sites for hydroxylation is 1. The van der Waals surface area contributed by atoms with Crippen molar-refractivity contribution >= 4 is 6.03 Å². The first kappa shape index (κ1) is 11.5. The molecule has 0 aromatic heterocycles. The Hall–Kier alpha value is -1.55. The second-order valence-corrected chi connectivity index (χ2v) is 5.10. The molecule has 3 rings (SSSR count). The van der Waals surface area contributed by atoms with Crippen LogP contribution in [0.1, 0.15) is 30.0 Å². The van der Waals surface area contributed by atoms with Crippen molar-refractivity contribution in [3.05, 3.63) is 35.4 Å². The maximum Gasteiger partial charge on any atom is 0.317 e. The van der Waals surface area contributed by atoms with Crippen LogP contribution in [0.4, 0.5) is 4.79 Å². The molecular formula is C14H18N2O2. The molecular weight excluding hydrogens is 228 g/mol. The molecule has 2 aliphatic heterocycles. The van der Waals surface area contributed by atoms with Gasteiger partial charge in [-0.3, -0.25) is 0 Å². The number of carbonyl (C=O) groups excluding carboxylic acids is 1. The Balaban J connectivity index is 1.88. The van der Waals surface area contributed by atoms with Crippen LogP contribution < -0.4 is 10.6 Å². The topological polar surface area (TPSA) is 50.4 Å². The standard InChI is InChI=1S/C14H18N2O2/c1-9-4-6-10(7-5-9)12-11-3-2-8-18-13(11)16-14(17)15-12/h4-7,11-13H,2-3,8H2,1H3,(H2,15,16,17)/t11-,12-,13-/m1/s1. The summed E-state index contributed by atoms with van der Waals surface area (Å²) >= 11 is 0. The van der Waals surface area contributed by atoms with Gasteiger partial charge in [-0.1, -0.05) is 29.8 Å². The highest BCUT2D eigenvalue weighted by Gasteiger charge is 2.39. The molecule has 0 unspecified atom stereocenters. The molecule has 0 saturated carbocycles. The maximum atomic E-state index is 11.7. The van der Waals surface area contributed by atoms with Crippen LogP contribution >= 0.6 is 0 Å². The average Bonchev–Trinajstić information content (AvgIpc) is 2.38. The number of carbonyl (C=O) groups is 1. The normalized spacial score (nSPS) is 31.2. The van der Waals surface area contributed by atoms with E-state index in [1.807, 2.05) is 0 Å². The third kappa shape index (κ3) is 2.08. The molecule has 1 aromatic carbocycles. The van der Waals surface area contributed by atoms with Crippen molar-refractivity contribution in [2.45, 2.75) is 32.0 Å². The van der Waals surface area contributed by atoms with Gasteiger partial charge in [0.15, 0.2) is 0 Å². The summed E-state index contributed by atoms with van der Waals surface area (Å²) in [4.78, 5) is 11.7. The highest BCUT2D eigenvalue weighted by molar-refractivity contribution is 5.75. The summed E-state index contributed by atoms with van der Waals surface area (Å²) < 4.78 is 5.66. The van der Waals surface area contributed by atoms with Gasteiger partial charge in [0.1, 0.15) is 6.23 Å². The number of rotatable bonds is 1. The van der Waals surface area contributed by atoms with Gasteiger partial charge in [0, 0.05) is 12.5 Å². The molecule has 2 amide bonds. The largest absolute Gasteiger partial charge is 0.358 e. The number of nitrogens with one attached hydrogen (secondary N) is 2. The average molecular weight is 246 g/mol. The first-order chi connectivity index (χ1) is 8.74. The number of ether oxygens (including phenoxy) is 1. The zero-order valence-corrected chi connectivity index (χ0v) is 10.5. The lowest BCUT2D eigenvalue weighted by atomic mass is 9.85. The minimum atomic E-state index is -0.140. The Kier molecular flexibility index (Phi) is 2.96. The summed E-state index contributed by atoms with van der Waals surface area (Å²) in [6.07, 6.45) is 2.00. The van der Waals surface area contributed by atoms with Gasteiger partial charge in [-0.05, 0) is 25.3 Å². The van der Waals surface area contributed by atoms with Crippen LogP contribution in [0.5, 0.6) is 0 Å².